The first kappa shape index (κ1) is 13.4. The van der Waals surface area contributed by atoms with Crippen LogP contribution in [-0.2, 0) is 6.18 Å². The first-order chi connectivity index (χ1) is 8.35. The molecule has 1 aliphatic carbocycles. The van der Waals surface area contributed by atoms with Gasteiger partial charge in [-0.25, -0.2) is 9.97 Å². The van der Waals surface area contributed by atoms with Crippen LogP contribution in [0.3, 0.4) is 0 Å². The van der Waals surface area contributed by atoms with E-state index in [1.54, 1.807) is 0 Å². The van der Waals surface area contributed by atoms with Crippen LogP contribution in [0.15, 0.2) is 6.07 Å². The van der Waals surface area contributed by atoms with Gasteiger partial charge in [0.15, 0.2) is 0 Å². The molecule has 0 saturated heterocycles. The maximum Gasteiger partial charge on any atom is 0.451 e. The second kappa shape index (κ2) is 4.55. The molecule has 0 aliphatic heterocycles. The Labute approximate surface area is 106 Å². The molecule has 1 saturated carbocycles. The molecule has 2 rings (SSSR count). The standard InChI is InChI=1S/C10H11ClF3N3O/c11-6-4-7(16-8(15-6)10(12,13)14)17-9(5-18)2-1-3-9/h4,18H,1-3,5H2,(H,15,16,17). The Morgan fingerprint density at radius 3 is 2.50 bits per heavy atom. The largest absolute Gasteiger partial charge is 0.451 e. The monoisotopic (exact) mass is 281 g/mol. The summed E-state index contributed by atoms with van der Waals surface area (Å²) in [5, 5.41) is 11.8. The van der Waals surface area contributed by atoms with Crippen LogP contribution in [0.1, 0.15) is 25.1 Å². The van der Waals surface area contributed by atoms with E-state index in [1.165, 1.54) is 6.07 Å². The highest BCUT2D eigenvalue weighted by Gasteiger charge is 2.38. The lowest BCUT2D eigenvalue weighted by atomic mass is 9.77. The second-order valence-corrected chi connectivity index (χ2v) is 4.70. The van der Waals surface area contributed by atoms with E-state index in [2.05, 4.69) is 15.3 Å². The number of alkyl halides is 3. The van der Waals surface area contributed by atoms with Crippen LogP contribution in [-0.4, -0.2) is 27.2 Å². The number of hydrogen-bond acceptors (Lipinski definition) is 4. The summed E-state index contributed by atoms with van der Waals surface area (Å²) < 4.78 is 37.5. The number of aliphatic hydroxyl groups excluding tert-OH is 1. The van der Waals surface area contributed by atoms with Crippen LogP contribution in [0.25, 0.3) is 0 Å². The topological polar surface area (TPSA) is 58.0 Å². The highest BCUT2D eigenvalue weighted by atomic mass is 35.5. The number of halogens is 4. The van der Waals surface area contributed by atoms with Gasteiger partial charge in [-0.1, -0.05) is 11.6 Å². The normalized spacial score (nSPS) is 18.3. The number of aromatic nitrogens is 2. The van der Waals surface area contributed by atoms with Crippen LogP contribution < -0.4 is 5.32 Å². The Balaban J connectivity index is 2.26. The predicted octanol–water partition coefficient (Wildman–Crippen LogP) is 2.48. The van der Waals surface area contributed by atoms with Crippen molar-refractivity contribution in [3.05, 3.63) is 17.0 Å². The molecule has 0 aromatic carbocycles. The van der Waals surface area contributed by atoms with Gasteiger partial charge in [-0.15, -0.1) is 0 Å². The molecular weight excluding hydrogens is 271 g/mol. The van der Waals surface area contributed by atoms with Crippen LogP contribution in [0.2, 0.25) is 5.15 Å². The molecule has 1 aromatic heterocycles. The summed E-state index contributed by atoms with van der Waals surface area (Å²) >= 11 is 5.54. The van der Waals surface area contributed by atoms with E-state index in [0.29, 0.717) is 12.8 Å². The summed E-state index contributed by atoms with van der Waals surface area (Å²) in [6.45, 7) is -0.157. The van der Waals surface area contributed by atoms with Crippen LogP contribution in [0.5, 0.6) is 0 Å². The summed E-state index contributed by atoms with van der Waals surface area (Å²) in [6, 6.07) is 1.21. The number of aliphatic hydroxyl groups is 1. The van der Waals surface area contributed by atoms with Crippen molar-refractivity contribution >= 4 is 17.4 Å². The molecule has 0 radical (unpaired) electrons. The zero-order chi connectivity index (χ0) is 13.4. The van der Waals surface area contributed by atoms with Crippen molar-refractivity contribution < 1.29 is 18.3 Å². The molecule has 1 aromatic rings. The van der Waals surface area contributed by atoms with E-state index >= 15 is 0 Å². The molecule has 2 N–H and O–H groups in total. The van der Waals surface area contributed by atoms with Gasteiger partial charge in [0.2, 0.25) is 5.82 Å². The minimum absolute atomic E-state index is 0.0175. The Morgan fingerprint density at radius 2 is 2.06 bits per heavy atom. The van der Waals surface area contributed by atoms with Crippen molar-refractivity contribution in [2.75, 3.05) is 11.9 Å². The zero-order valence-electron chi connectivity index (χ0n) is 9.26. The highest BCUT2D eigenvalue weighted by Crippen LogP contribution is 2.35. The summed E-state index contributed by atoms with van der Waals surface area (Å²) in [7, 11) is 0. The van der Waals surface area contributed by atoms with E-state index in [-0.39, 0.29) is 17.6 Å². The summed E-state index contributed by atoms with van der Waals surface area (Å²) in [5.74, 6) is -1.30. The molecule has 100 valence electrons. The van der Waals surface area contributed by atoms with Gasteiger partial charge in [-0.2, -0.15) is 13.2 Å². The fourth-order valence-corrected chi connectivity index (χ4v) is 1.99. The summed E-state index contributed by atoms with van der Waals surface area (Å²) in [6.07, 6.45) is -2.36. The molecule has 1 aliphatic rings. The lowest BCUT2D eigenvalue weighted by Crippen LogP contribution is -2.48. The minimum atomic E-state index is -4.65. The SMILES string of the molecule is OCC1(Nc2cc(Cl)nc(C(F)(F)F)n2)CCC1. The molecule has 18 heavy (non-hydrogen) atoms. The van der Waals surface area contributed by atoms with Gasteiger partial charge in [0.1, 0.15) is 11.0 Å². The molecule has 0 amide bonds. The third-order valence-corrected chi connectivity index (χ3v) is 3.15. The number of hydrogen-bond donors (Lipinski definition) is 2. The van der Waals surface area contributed by atoms with Crippen molar-refractivity contribution in [1.29, 1.82) is 0 Å². The van der Waals surface area contributed by atoms with Crippen molar-refractivity contribution in [2.24, 2.45) is 0 Å². The molecule has 0 unspecified atom stereocenters. The predicted molar refractivity (Wildman–Crippen MR) is 59.3 cm³/mol. The Kier molecular flexibility index (Phi) is 3.37. The molecule has 0 spiro atoms. The van der Waals surface area contributed by atoms with Gasteiger partial charge < -0.3 is 10.4 Å². The Hall–Kier alpha value is -1.08. The van der Waals surface area contributed by atoms with E-state index in [9.17, 15) is 18.3 Å². The fourth-order valence-electron chi connectivity index (χ4n) is 1.81. The number of nitrogens with zero attached hydrogens (tertiary/aromatic N) is 2. The molecule has 1 fully saturated rings. The van der Waals surface area contributed by atoms with E-state index in [1.807, 2.05) is 0 Å². The maximum absolute atomic E-state index is 12.5. The Bertz CT molecular complexity index is 443. The zero-order valence-corrected chi connectivity index (χ0v) is 10.0. The van der Waals surface area contributed by atoms with Gasteiger partial charge in [-0.05, 0) is 19.3 Å². The minimum Gasteiger partial charge on any atom is -0.394 e. The van der Waals surface area contributed by atoms with Crippen LogP contribution >= 0.6 is 11.6 Å². The average Bonchev–Trinajstić information content (AvgIpc) is 2.21. The molecule has 8 heteroatoms. The van der Waals surface area contributed by atoms with Crippen molar-refractivity contribution in [3.63, 3.8) is 0 Å². The highest BCUT2D eigenvalue weighted by molar-refractivity contribution is 6.29. The quantitative estimate of drug-likeness (QED) is 0.836. The molecular formula is C10H11ClF3N3O. The van der Waals surface area contributed by atoms with E-state index in [4.69, 9.17) is 11.6 Å². The second-order valence-electron chi connectivity index (χ2n) is 4.31. The average molecular weight is 282 g/mol. The number of anilines is 1. The molecule has 4 nitrogen and oxygen atoms in total. The van der Waals surface area contributed by atoms with Crippen LogP contribution in [0, 0.1) is 0 Å². The lowest BCUT2D eigenvalue weighted by Gasteiger charge is -2.41. The van der Waals surface area contributed by atoms with Gasteiger partial charge in [0, 0.05) is 6.07 Å². The number of nitrogens with one attached hydrogen (secondary N) is 1. The van der Waals surface area contributed by atoms with E-state index < -0.39 is 17.5 Å². The number of rotatable bonds is 3. The maximum atomic E-state index is 12.5. The van der Waals surface area contributed by atoms with Gasteiger partial charge in [-0.3, -0.25) is 0 Å². The van der Waals surface area contributed by atoms with Crippen molar-refractivity contribution in [3.8, 4) is 0 Å². The van der Waals surface area contributed by atoms with E-state index in [0.717, 1.165) is 6.42 Å². The van der Waals surface area contributed by atoms with Gasteiger partial charge >= 0.3 is 6.18 Å². The fraction of sp³-hybridized carbons (Fsp3) is 0.600. The molecule has 0 atom stereocenters. The first-order valence-electron chi connectivity index (χ1n) is 5.35. The van der Waals surface area contributed by atoms with Crippen molar-refractivity contribution in [1.82, 2.24) is 9.97 Å². The summed E-state index contributed by atoms with van der Waals surface area (Å²) in [4.78, 5) is 6.51. The summed E-state index contributed by atoms with van der Waals surface area (Å²) in [5.41, 5.74) is -0.583. The van der Waals surface area contributed by atoms with Crippen LogP contribution in [0.4, 0.5) is 19.0 Å². The van der Waals surface area contributed by atoms with Gasteiger partial charge in [0.05, 0.1) is 12.1 Å². The van der Waals surface area contributed by atoms with Crippen molar-refractivity contribution in [2.45, 2.75) is 31.0 Å². The third-order valence-electron chi connectivity index (χ3n) is 2.95. The smallest absolute Gasteiger partial charge is 0.394 e. The van der Waals surface area contributed by atoms with Gasteiger partial charge in [0.25, 0.3) is 0 Å². The lowest BCUT2D eigenvalue weighted by molar-refractivity contribution is -0.144. The molecule has 0 bridgehead atoms. The Morgan fingerprint density at radius 1 is 1.39 bits per heavy atom. The molecule has 1 heterocycles. The first-order valence-corrected chi connectivity index (χ1v) is 5.73. The third kappa shape index (κ3) is 2.67.